The molecule has 1 atom stereocenters. The molecular formula is C18H19NO6S. The second-order valence-corrected chi connectivity index (χ2v) is 7.34. The lowest BCUT2D eigenvalue weighted by Gasteiger charge is -2.16. The summed E-state index contributed by atoms with van der Waals surface area (Å²) >= 11 is 0. The number of carbonyl (C=O) groups excluding carboxylic acids is 1. The Labute approximate surface area is 151 Å². The Morgan fingerprint density at radius 1 is 1.08 bits per heavy atom. The molecule has 0 saturated carbocycles. The van der Waals surface area contributed by atoms with Crippen LogP contribution in [0, 0.1) is 0 Å². The largest absolute Gasteiger partial charge is 0.490 e. The van der Waals surface area contributed by atoms with Gasteiger partial charge in [-0.2, -0.15) is 0 Å². The molecule has 0 bridgehead atoms. The van der Waals surface area contributed by atoms with Crippen molar-refractivity contribution in [3.63, 3.8) is 0 Å². The zero-order chi connectivity index (χ0) is 18.6. The van der Waals surface area contributed by atoms with Crippen molar-refractivity contribution in [1.29, 1.82) is 0 Å². The lowest BCUT2D eigenvalue weighted by molar-refractivity contribution is -0.129. The molecular weight excluding hydrogens is 358 g/mol. The van der Waals surface area contributed by atoms with E-state index in [1.165, 1.54) is 25.3 Å². The summed E-state index contributed by atoms with van der Waals surface area (Å²) in [6.45, 7) is 0.936. The van der Waals surface area contributed by atoms with E-state index >= 15 is 0 Å². The first-order valence-corrected chi connectivity index (χ1v) is 9.53. The molecule has 0 spiro atoms. The third-order valence-corrected chi connectivity index (χ3v) is 5.18. The summed E-state index contributed by atoms with van der Waals surface area (Å²) in [6.07, 6.45) is -0.327. The Hall–Kier alpha value is -2.58. The van der Waals surface area contributed by atoms with E-state index in [-0.39, 0.29) is 4.90 Å². The van der Waals surface area contributed by atoms with E-state index in [1.54, 1.807) is 30.3 Å². The molecule has 1 aliphatic heterocycles. The average Bonchev–Trinajstić information content (AvgIpc) is 2.87. The molecule has 0 saturated heterocycles. The highest BCUT2D eigenvalue weighted by Gasteiger charge is 2.27. The average molecular weight is 377 g/mol. The van der Waals surface area contributed by atoms with Gasteiger partial charge in [0.1, 0.15) is 0 Å². The third-order valence-electron chi connectivity index (χ3n) is 3.84. The van der Waals surface area contributed by atoms with Crippen LogP contribution in [-0.4, -0.2) is 34.6 Å². The predicted molar refractivity (Wildman–Crippen MR) is 93.6 cm³/mol. The number of amides is 1. The van der Waals surface area contributed by atoms with E-state index in [9.17, 15) is 13.2 Å². The highest BCUT2D eigenvalue weighted by Crippen LogP contribution is 2.32. The van der Waals surface area contributed by atoms with Gasteiger partial charge in [0, 0.05) is 19.6 Å². The highest BCUT2D eigenvalue weighted by molar-refractivity contribution is 7.90. The van der Waals surface area contributed by atoms with Gasteiger partial charge >= 0.3 is 0 Å². The SMILES string of the molecule is CO[C@@H](C(=O)NS(=O)(=O)c1ccc2c(c1)OCCCO2)c1ccccc1. The van der Waals surface area contributed by atoms with Gasteiger partial charge in [-0.3, -0.25) is 4.79 Å². The van der Waals surface area contributed by atoms with Crippen LogP contribution in [0.4, 0.5) is 0 Å². The van der Waals surface area contributed by atoms with Gasteiger partial charge in [0.15, 0.2) is 17.6 Å². The summed E-state index contributed by atoms with van der Waals surface area (Å²) in [5, 5.41) is 0. The van der Waals surface area contributed by atoms with E-state index in [2.05, 4.69) is 4.72 Å². The van der Waals surface area contributed by atoms with Gasteiger partial charge in [-0.15, -0.1) is 0 Å². The maximum atomic E-state index is 12.6. The number of hydrogen-bond donors (Lipinski definition) is 1. The monoisotopic (exact) mass is 377 g/mol. The van der Waals surface area contributed by atoms with Crippen molar-refractivity contribution >= 4 is 15.9 Å². The standard InChI is InChI=1S/C18H19NO6S/c1-23-17(13-6-3-2-4-7-13)18(20)19-26(21,22)14-8-9-15-16(12-14)25-11-5-10-24-15/h2-4,6-9,12,17H,5,10-11H2,1H3,(H,19,20)/t17-/m1/s1. The fourth-order valence-corrected chi connectivity index (χ4v) is 3.58. The number of fused-ring (bicyclic) bond motifs is 1. The smallest absolute Gasteiger partial charge is 0.267 e. The summed E-state index contributed by atoms with van der Waals surface area (Å²) < 4.78 is 43.4. The van der Waals surface area contributed by atoms with Crippen molar-refractivity contribution in [3.8, 4) is 11.5 Å². The number of ether oxygens (including phenoxy) is 3. The zero-order valence-corrected chi connectivity index (χ0v) is 15.0. The van der Waals surface area contributed by atoms with Crippen LogP contribution in [0.25, 0.3) is 0 Å². The zero-order valence-electron chi connectivity index (χ0n) is 14.2. The number of sulfonamides is 1. The maximum absolute atomic E-state index is 12.6. The Bertz CT molecular complexity index is 882. The van der Waals surface area contributed by atoms with Gasteiger partial charge in [-0.1, -0.05) is 30.3 Å². The quantitative estimate of drug-likeness (QED) is 0.857. The van der Waals surface area contributed by atoms with Gasteiger partial charge < -0.3 is 14.2 Å². The van der Waals surface area contributed by atoms with Crippen LogP contribution in [0.3, 0.4) is 0 Å². The molecule has 1 N–H and O–H groups in total. The van der Waals surface area contributed by atoms with Crippen LogP contribution in [-0.2, 0) is 19.6 Å². The number of carbonyl (C=O) groups is 1. The molecule has 0 unspecified atom stereocenters. The molecule has 3 rings (SSSR count). The van der Waals surface area contributed by atoms with Gasteiger partial charge in [0.2, 0.25) is 0 Å². The van der Waals surface area contributed by atoms with Crippen molar-refractivity contribution in [1.82, 2.24) is 4.72 Å². The molecule has 2 aromatic rings. The second-order valence-electron chi connectivity index (χ2n) is 5.66. The van der Waals surface area contributed by atoms with Crippen molar-refractivity contribution in [2.24, 2.45) is 0 Å². The first-order valence-electron chi connectivity index (χ1n) is 8.05. The van der Waals surface area contributed by atoms with Crippen LogP contribution in [0.1, 0.15) is 18.1 Å². The summed E-state index contributed by atoms with van der Waals surface area (Å²) in [4.78, 5) is 12.4. The lowest BCUT2D eigenvalue weighted by atomic mass is 10.1. The molecule has 7 nitrogen and oxygen atoms in total. The highest BCUT2D eigenvalue weighted by atomic mass is 32.2. The Morgan fingerprint density at radius 3 is 2.46 bits per heavy atom. The van der Waals surface area contributed by atoms with Crippen LogP contribution in [0.2, 0.25) is 0 Å². The molecule has 0 fully saturated rings. The number of benzene rings is 2. The molecule has 8 heteroatoms. The molecule has 2 aromatic carbocycles. The normalized spacial score (nSPS) is 15.0. The van der Waals surface area contributed by atoms with Crippen LogP contribution >= 0.6 is 0 Å². The minimum atomic E-state index is -4.08. The Kier molecular flexibility index (Phi) is 5.43. The maximum Gasteiger partial charge on any atom is 0.267 e. The minimum absolute atomic E-state index is 0.0852. The van der Waals surface area contributed by atoms with E-state index in [4.69, 9.17) is 14.2 Å². The predicted octanol–water partition coefficient (Wildman–Crippen LogP) is 2.04. The summed E-state index contributed by atoms with van der Waals surface area (Å²) in [5.41, 5.74) is 0.557. The fraction of sp³-hybridized carbons (Fsp3) is 0.278. The lowest BCUT2D eigenvalue weighted by Crippen LogP contribution is -2.35. The summed E-state index contributed by atoms with van der Waals surface area (Å²) in [7, 11) is -2.74. The molecule has 0 aliphatic carbocycles. The van der Waals surface area contributed by atoms with E-state index in [0.717, 1.165) is 0 Å². The number of nitrogens with one attached hydrogen (secondary N) is 1. The van der Waals surface area contributed by atoms with E-state index < -0.39 is 22.0 Å². The topological polar surface area (TPSA) is 90.9 Å². The second kappa shape index (κ2) is 7.76. The van der Waals surface area contributed by atoms with E-state index in [1.807, 2.05) is 0 Å². The summed E-state index contributed by atoms with van der Waals surface area (Å²) in [5.74, 6) is 0.0433. The van der Waals surface area contributed by atoms with Crippen molar-refractivity contribution in [2.75, 3.05) is 20.3 Å². The first kappa shape index (κ1) is 18.2. The molecule has 0 radical (unpaired) electrons. The van der Waals surface area contributed by atoms with Crippen LogP contribution in [0.5, 0.6) is 11.5 Å². The van der Waals surface area contributed by atoms with Gasteiger partial charge in [0.25, 0.3) is 15.9 Å². The van der Waals surface area contributed by atoms with Gasteiger partial charge in [0.05, 0.1) is 18.1 Å². The van der Waals surface area contributed by atoms with Crippen molar-refractivity contribution in [3.05, 3.63) is 54.1 Å². The molecule has 1 aliphatic rings. The minimum Gasteiger partial charge on any atom is -0.490 e. The van der Waals surface area contributed by atoms with Crippen molar-refractivity contribution < 1.29 is 27.4 Å². The fourth-order valence-electron chi connectivity index (χ4n) is 2.58. The summed E-state index contributed by atoms with van der Waals surface area (Å²) in [6, 6.07) is 12.9. The Balaban J connectivity index is 1.82. The number of methoxy groups -OCH3 is 1. The Morgan fingerprint density at radius 2 is 1.77 bits per heavy atom. The van der Waals surface area contributed by atoms with Crippen LogP contribution in [0.15, 0.2) is 53.4 Å². The molecule has 1 amide bonds. The van der Waals surface area contributed by atoms with Gasteiger partial charge in [-0.25, -0.2) is 13.1 Å². The van der Waals surface area contributed by atoms with Crippen LogP contribution < -0.4 is 14.2 Å². The molecule has 0 aromatic heterocycles. The molecule has 138 valence electrons. The molecule has 1 heterocycles. The first-order chi connectivity index (χ1) is 12.5. The van der Waals surface area contributed by atoms with Gasteiger partial charge in [-0.05, 0) is 17.7 Å². The molecule has 26 heavy (non-hydrogen) atoms. The number of hydrogen-bond acceptors (Lipinski definition) is 6. The number of rotatable bonds is 5. The van der Waals surface area contributed by atoms with Crippen molar-refractivity contribution in [2.45, 2.75) is 17.4 Å². The van der Waals surface area contributed by atoms with E-state index in [0.29, 0.717) is 36.7 Å². The third kappa shape index (κ3) is 3.97.